The number of nitrogens with zero attached hydrogens (tertiary/aromatic N) is 4. The number of carbonyl (C=O) groups is 4. The van der Waals surface area contributed by atoms with Crippen LogP contribution >= 0.6 is 61.8 Å². The summed E-state index contributed by atoms with van der Waals surface area (Å²) in [4.78, 5) is 63.4. The molecule has 6 heterocycles. The van der Waals surface area contributed by atoms with Gasteiger partial charge in [-0.05, 0) is 83.7 Å². The molecule has 0 saturated carbocycles. The van der Waals surface area contributed by atoms with Crippen LogP contribution in [0.4, 0.5) is 0 Å². The van der Waals surface area contributed by atoms with E-state index in [-0.39, 0.29) is 23.6 Å². The smallest absolute Gasteiger partial charge is 0.262 e. The molecular formula is C34H21BrCl2N4O4S2. The minimum Gasteiger partial charge on any atom is -0.269 e. The van der Waals surface area contributed by atoms with Crippen molar-refractivity contribution in [2.45, 2.75) is 25.9 Å². The summed E-state index contributed by atoms with van der Waals surface area (Å²) < 4.78 is 0.951. The highest BCUT2D eigenvalue weighted by Crippen LogP contribution is 2.38. The van der Waals surface area contributed by atoms with Crippen molar-refractivity contribution in [3.8, 4) is 0 Å². The summed E-state index contributed by atoms with van der Waals surface area (Å²) in [6.07, 6.45) is 0. The molecule has 234 valence electrons. The Morgan fingerprint density at radius 2 is 1.06 bits per heavy atom. The molecule has 2 unspecified atom stereocenters. The highest BCUT2D eigenvalue weighted by atomic mass is 79.9. The molecule has 2 aromatic carbocycles. The number of hydrogen-bond acceptors (Lipinski definition) is 8. The molecule has 2 aliphatic rings. The van der Waals surface area contributed by atoms with Gasteiger partial charge in [-0.1, -0.05) is 47.5 Å². The van der Waals surface area contributed by atoms with Crippen LogP contribution in [0.1, 0.15) is 78.5 Å². The number of rotatable bonds is 4. The maximum Gasteiger partial charge on any atom is 0.262 e. The van der Waals surface area contributed by atoms with Crippen LogP contribution in [0, 0.1) is 0 Å². The van der Waals surface area contributed by atoms with Gasteiger partial charge in [0.25, 0.3) is 23.6 Å². The van der Waals surface area contributed by atoms with Crippen LogP contribution < -0.4 is 0 Å². The number of thiophene rings is 2. The van der Waals surface area contributed by atoms with Gasteiger partial charge in [0.1, 0.15) is 20.0 Å². The number of aromatic nitrogens is 2. The molecule has 8 nitrogen and oxygen atoms in total. The summed E-state index contributed by atoms with van der Waals surface area (Å²) in [5, 5.41) is 4.45. The Morgan fingerprint density at radius 3 is 1.53 bits per heavy atom. The molecule has 4 aromatic heterocycles. The van der Waals surface area contributed by atoms with Gasteiger partial charge in [0, 0.05) is 21.9 Å². The lowest BCUT2D eigenvalue weighted by atomic mass is 10.1. The summed E-state index contributed by atoms with van der Waals surface area (Å²) in [6.45, 7) is 3.58. The first-order chi connectivity index (χ1) is 22.5. The predicted molar refractivity (Wildman–Crippen MR) is 188 cm³/mol. The number of halogens is 3. The molecule has 6 aromatic rings. The van der Waals surface area contributed by atoms with Gasteiger partial charge in [-0.3, -0.25) is 29.0 Å². The van der Waals surface area contributed by atoms with Crippen molar-refractivity contribution in [1.29, 1.82) is 0 Å². The fourth-order valence-corrected chi connectivity index (χ4v) is 8.71. The van der Waals surface area contributed by atoms with Crippen molar-refractivity contribution in [3.05, 3.63) is 126 Å². The predicted octanol–water partition coefficient (Wildman–Crippen LogP) is 9.38. The van der Waals surface area contributed by atoms with Crippen LogP contribution in [0.5, 0.6) is 0 Å². The average molecular weight is 765 g/mol. The second kappa shape index (κ2) is 12.2. The summed E-state index contributed by atoms with van der Waals surface area (Å²) in [7, 11) is 0. The topological polar surface area (TPSA) is 101 Å². The minimum absolute atomic E-state index is 0.292. The zero-order valence-corrected chi connectivity index (χ0v) is 29.3. The molecule has 0 saturated heterocycles. The largest absolute Gasteiger partial charge is 0.269 e. The highest BCUT2D eigenvalue weighted by molar-refractivity contribution is 9.11. The normalized spacial score (nSPS) is 15.3. The average Bonchev–Trinajstić information content (AvgIpc) is 3.79. The molecule has 13 heteroatoms. The molecule has 0 radical (unpaired) electrons. The van der Waals surface area contributed by atoms with Crippen molar-refractivity contribution >= 4 is 106 Å². The maximum absolute atomic E-state index is 12.6. The first-order valence-corrected chi connectivity index (χ1v) is 17.5. The van der Waals surface area contributed by atoms with Crippen LogP contribution in [0.25, 0.3) is 20.4 Å². The Balaban J connectivity index is 0.000000150. The third-order valence-electron chi connectivity index (χ3n) is 8.21. The van der Waals surface area contributed by atoms with Gasteiger partial charge in [-0.2, -0.15) is 0 Å². The van der Waals surface area contributed by atoms with Crippen LogP contribution in [0.2, 0.25) is 10.3 Å². The number of pyridine rings is 2. The van der Waals surface area contributed by atoms with E-state index in [4.69, 9.17) is 23.2 Å². The van der Waals surface area contributed by atoms with E-state index in [2.05, 4.69) is 25.9 Å². The number of benzene rings is 2. The number of fused-ring (bicyclic) bond motifs is 4. The van der Waals surface area contributed by atoms with Gasteiger partial charge < -0.3 is 0 Å². The monoisotopic (exact) mass is 762 g/mol. The molecule has 4 amide bonds. The van der Waals surface area contributed by atoms with Crippen molar-refractivity contribution in [3.63, 3.8) is 0 Å². The third-order valence-corrected chi connectivity index (χ3v) is 11.2. The molecule has 0 aliphatic carbocycles. The Kier molecular flexibility index (Phi) is 8.22. The first-order valence-electron chi connectivity index (χ1n) is 14.3. The third kappa shape index (κ3) is 5.36. The van der Waals surface area contributed by atoms with Gasteiger partial charge >= 0.3 is 0 Å². The lowest BCUT2D eigenvalue weighted by molar-refractivity contribution is 0.0579. The maximum atomic E-state index is 12.6. The Morgan fingerprint density at radius 1 is 0.638 bits per heavy atom. The van der Waals surface area contributed by atoms with E-state index >= 15 is 0 Å². The number of hydrogen-bond donors (Lipinski definition) is 0. The van der Waals surface area contributed by atoms with Crippen LogP contribution in [0.3, 0.4) is 0 Å². The molecule has 0 fully saturated rings. The Labute approximate surface area is 294 Å². The fraction of sp³-hybridized carbons (Fsp3) is 0.118. The van der Waals surface area contributed by atoms with Gasteiger partial charge in [-0.25, -0.2) is 9.97 Å². The molecule has 0 spiro atoms. The first kappa shape index (κ1) is 31.6. The van der Waals surface area contributed by atoms with Crippen LogP contribution in [-0.2, 0) is 0 Å². The van der Waals surface area contributed by atoms with E-state index in [0.29, 0.717) is 43.7 Å². The van der Waals surface area contributed by atoms with Gasteiger partial charge in [0.15, 0.2) is 0 Å². The SMILES string of the molecule is CC(c1cc2cc(Br)sc2nc1Cl)N1C(=O)c2ccccc2C1=O.CC(c1cc2ccsc2nc1Cl)N1C(=O)c2ccccc2C1=O. The number of carbonyl (C=O) groups excluding carboxylic acids is 4. The summed E-state index contributed by atoms with van der Waals surface area (Å²) in [5.41, 5.74) is 3.06. The van der Waals surface area contributed by atoms with E-state index < -0.39 is 12.1 Å². The minimum atomic E-state index is -0.500. The molecule has 0 N–H and O–H groups in total. The highest BCUT2D eigenvalue weighted by Gasteiger charge is 2.40. The van der Waals surface area contributed by atoms with Crippen LogP contribution in [0.15, 0.2) is 82.0 Å². The van der Waals surface area contributed by atoms with Crippen molar-refractivity contribution in [1.82, 2.24) is 19.8 Å². The van der Waals surface area contributed by atoms with E-state index in [1.54, 1.807) is 62.4 Å². The number of imide groups is 2. The molecule has 0 bridgehead atoms. The molecule has 2 aliphatic heterocycles. The van der Waals surface area contributed by atoms with Crippen molar-refractivity contribution in [2.75, 3.05) is 0 Å². The quantitative estimate of drug-likeness (QED) is 0.131. The molecule has 8 rings (SSSR count). The van der Waals surface area contributed by atoms with Crippen molar-refractivity contribution < 1.29 is 19.2 Å². The van der Waals surface area contributed by atoms with Crippen molar-refractivity contribution in [2.24, 2.45) is 0 Å². The van der Waals surface area contributed by atoms with Gasteiger partial charge in [-0.15, -0.1) is 22.7 Å². The van der Waals surface area contributed by atoms with E-state index in [1.165, 1.54) is 32.5 Å². The van der Waals surface area contributed by atoms with E-state index in [0.717, 1.165) is 24.2 Å². The summed E-state index contributed by atoms with van der Waals surface area (Å²) in [5.74, 6) is -1.18. The zero-order chi connectivity index (χ0) is 33.1. The second-order valence-electron chi connectivity index (χ2n) is 10.9. The molecular weight excluding hydrogens is 743 g/mol. The lowest BCUT2D eigenvalue weighted by Crippen LogP contribution is -2.32. The molecule has 47 heavy (non-hydrogen) atoms. The lowest BCUT2D eigenvalue weighted by Gasteiger charge is -2.23. The van der Waals surface area contributed by atoms with Gasteiger partial charge in [0.05, 0.1) is 38.1 Å². The van der Waals surface area contributed by atoms with E-state index in [1.807, 2.05) is 29.6 Å². The van der Waals surface area contributed by atoms with Gasteiger partial charge in [0.2, 0.25) is 0 Å². The number of amides is 4. The van der Waals surface area contributed by atoms with Crippen LogP contribution in [-0.4, -0.2) is 43.4 Å². The standard InChI is InChI=1S/C17H10BrClN2O2S.C17H11ClN2O2S/c1-8(12-6-9-7-13(18)24-15(9)20-14(12)19)21-16(22)10-4-2-3-5-11(10)17(21)23;1-9(13-8-10-6-7-23-15(10)19-14(13)18)20-16(21)11-4-2-3-5-12(11)17(20)22/h2-8H,1H3;2-9H,1H3. The second-order valence-corrected chi connectivity index (χ2v) is 14.9. The van der Waals surface area contributed by atoms with E-state index in [9.17, 15) is 19.2 Å². The zero-order valence-electron chi connectivity index (χ0n) is 24.5. The molecule has 2 atom stereocenters. The fourth-order valence-electron chi connectivity index (χ4n) is 5.81. The summed E-state index contributed by atoms with van der Waals surface area (Å²) >= 11 is 19.0. The Hall–Kier alpha value is -4.00. The summed E-state index contributed by atoms with van der Waals surface area (Å²) in [6, 6.07) is 20.4. The Bertz CT molecular complexity index is 2240.